The maximum Gasteiger partial charge on any atom is 0.430 e. The van der Waals surface area contributed by atoms with Crippen LogP contribution < -0.4 is 0 Å². The summed E-state index contributed by atoms with van der Waals surface area (Å²) in [5.41, 5.74) is -7.75. The van der Waals surface area contributed by atoms with Crippen LogP contribution in [0.4, 0.5) is 39.5 Å². The maximum atomic E-state index is 14.3. The Balaban J connectivity index is 1.59. The minimum absolute atomic E-state index is 0.111. The fourth-order valence-electron chi connectivity index (χ4n) is 5.32. The fraction of sp³-hybridized carbons (Fsp3) is 0.333. The molecule has 14 heteroatoms. The molecule has 1 heterocycles. The number of benzene rings is 3. The van der Waals surface area contributed by atoms with Gasteiger partial charge in [-0.3, -0.25) is 0 Å². The van der Waals surface area contributed by atoms with Crippen LogP contribution in [-0.4, -0.2) is 33.0 Å². The first-order valence-electron chi connectivity index (χ1n) is 12.0. The molecule has 0 spiro atoms. The highest BCUT2D eigenvalue weighted by molar-refractivity contribution is 7.92. The van der Waals surface area contributed by atoms with Gasteiger partial charge in [0.25, 0.3) is 5.60 Å². The van der Waals surface area contributed by atoms with E-state index in [0.717, 1.165) is 42.5 Å². The maximum absolute atomic E-state index is 14.3. The van der Waals surface area contributed by atoms with Gasteiger partial charge in [-0.25, -0.2) is 21.6 Å². The number of hydrogen-bond donors (Lipinski definition) is 0. The number of fused-ring (bicyclic) bond motifs is 1. The topological polar surface area (TPSA) is 55.9 Å². The summed E-state index contributed by atoms with van der Waals surface area (Å²) in [5.74, 6) is -3.53. The van der Waals surface area contributed by atoms with Crippen molar-refractivity contribution in [2.45, 2.75) is 59.3 Å². The van der Waals surface area contributed by atoms with E-state index < -0.39 is 79.9 Å². The van der Waals surface area contributed by atoms with Gasteiger partial charge in [-0.1, -0.05) is 30.3 Å². The van der Waals surface area contributed by atoms with E-state index in [-0.39, 0.29) is 23.3 Å². The molecule has 0 bridgehead atoms. The van der Waals surface area contributed by atoms with Gasteiger partial charge < -0.3 is 9.47 Å². The second-order valence-corrected chi connectivity index (χ2v) is 12.1. The zero-order valence-corrected chi connectivity index (χ0v) is 21.4. The van der Waals surface area contributed by atoms with Gasteiger partial charge in [-0.15, -0.1) is 0 Å². The van der Waals surface area contributed by atoms with E-state index in [1.54, 1.807) is 0 Å². The molecule has 3 aromatic rings. The van der Waals surface area contributed by atoms with Crippen molar-refractivity contribution in [3.63, 3.8) is 0 Å². The summed E-state index contributed by atoms with van der Waals surface area (Å²) in [6.07, 6.45) is -13.6. The molecule has 1 aliphatic heterocycles. The second-order valence-electron chi connectivity index (χ2n) is 9.82. The van der Waals surface area contributed by atoms with E-state index in [0.29, 0.717) is 24.3 Å². The fourth-order valence-corrected chi connectivity index (χ4v) is 7.47. The molecule has 5 rings (SSSR count). The molecular formula is C27H19F9O4S. The number of halogens is 9. The second kappa shape index (κ2) is 9.73. The van der Waals surface area contributed by atoms with Gasteiger partial charge in [0.1, 0.15) is 22.2 Å². The highest BCUT2D eigenvalue weighted by Crippen LogP contribution is 2.57. The molecule has 1 aliphatic carbocycles. The molecule has 3 aromatic carbocycles. The van der Waals surface area contributed by atoms with Crippen molar-refractivity contribution in [2.24, 2.45) is 0 Å². The van der Waals surface area contributed by atoms with E-state index in [1.807, 2.05) is 0 Å². The largest absolute Gasteiger partial charge is 0.430 e. The van der Waals surface area contributed by atoms with Crippen LogP contribution in [0.5, 0.6) is 0 Å². The predicted octanol–water partition coefficient (Wildman–Crippen LogP) is 6.87. The first kappa shape index (κ1) is 29.4. The van der Waals surface area contributed by atoms with Crippen LogP contribution in [0.2, 0.25) is 0 Å². The van der Waals surface area contributed by atoms with Crippen molar-refractivity contribution < 1.29 is 57.4 Å². The Morgan fingerprint density at radius 3 is 1.78 bits per heavy atom. The molecule has 1 saturated carbocycles. The molecule has 0 radical (unpaired) electrons. The lowest BCUT2D eigenvalue weighted by molar-refractivity contribution is -0.392. The highest BCUT2D eigenvalue weighted by atomic mass is 32.2. The number of epoxide rings is 1. The molecule has 1 saturated heterocycles. The molecule has 0 amide bonds. The molecule has 0 N–H and O–H groups in total. The summed E-state index contributed by atoms with van der Waals surface area (Å²) >= 11 is 0. The Labute approximate surface area is 227 Å². The van der Waals surface area contributed by atoms with Crippen LogP contribution in [0.15, 0.2) is 71.6 Å². The van der Waals surface area contributed by atoms with E-state index in [9.17, 15) is 47.9 Å². The minimum atomic E-state index is -6.16. The van der Waals surface area contributed by atoms with Gasteiger partial charge in [0, 0.05) is 24.0 Å². The monoisotopic (exact) mass is 610 g/mol. The van der Waals surface area contributed by atoms with Crippen LogP contribution in [0.3, 0.4) is 0 Å². The summed E-state index contributed by atoms with van der Waals surface area (Å²) in [6, 6.07) is 8.52. The van der Waals surface area contributed by atoms with Gasteiger partial charge in [0.2, 0.25) is 0 Å². The Bertz CT molecular complexity index is 1510. The molecule has 2 aliphatic rings. The quantitative estimate of drug-likeness (QED) is 0.167. The van der Waals surface area contributed by atoms with Crippen molar-refractivity contribution in [1.82, 2.24) is 0 Å². The minimum Gasteiger partial charge on any atom is -0.369 e. The Morgan fingerprint density at radius 1 is 0.780 bits per heavy atom. The van der Waals surface area contributed by atoms with Crippen molar-refractivity contribution in [3.8, 4) is 0 Å². The summed E-state index contributed by atoms with van der Waals surface area (Å²) in [5, 5.41) is 0. The SMILES string of the molecule is O=S(=O)(c1ccc(F)cc1)[C@@]1(c2ccc(C(OCc3c(F)cccc3F)(C(F)(F)F)C(F)(F)F)cc2)C[C@@H]2O[C@@H]2C1. The molecule has 4 nitrogen and oxygen atoms in total. The van der Waals surface area contributed by atoms with Crippen LogP contribution in [0, 0.1) is 17.5 Å². The summed E-state index contributed by atoms with van der Waals surface area (Å²) in [7, 11) is -4.34. The third kappa shape index (κ3) is 4.69. The number of sulfone groups is 1. The van der Waals surface area contributed by atoms with Crippen LogP contribution in [-0.2, 0) is 36.3 Å². The van der Waals surface area contributed by atoms with Crippen molar-refractivity contribution in [3.05, 3.63) is 101 Å². The Morgan fingerprint density at radius 2 is 1.29 bits per heavy atom. The average Bonchev–Trinajstić information content (AvgIpc) is 3.49. The zero-order valence-electron chi connectivity index (χ0n) is 20.6. The van der Waals surface area contributed by atoms with Crippen LogP contribution >= 0.6 is 0 Å². The molecular weight excluding hydrogens is 591 g/mol. The van der Waals surface area contributed by atoms with Gasteiger partial charge >= 0.3 is 12.4 Å². The molecule has 0 unspecified atom stereocenters. The van der Waals surface area contributed by atoms with Crippen molar-refractivity contribution in [2.75, 3.05) is 0 Å². The predicted molar refractivity (Wildman–Crippen MR) is 125 cm³/mol. The lowest BCUT2D eigenvalue weighted by Crippen LogP contribution is -2.56. The first-order chi connectivity index (χ1) is 19.0. The van der Waals surface area contributed by atoms with Gasteiger partial charge in [0.15, 0.2) is 9.84 Å². The number of hydrogen-bond acceptors (Lipinski definition) is 4. The van der Waals surface area contributed by atoms with E-state index in [4.69, 9.17) is 4.74 Å². The summed E-state index contributed by atoms with van der Waals surface area (Å²) in [6.45, 7) is -1.72. The Kier molecular flexibility index (Phi) is 6.98. The van der Waals surface area contributed by atoms with E-state index in [2.05, 4.69) is 4.74 Å². The van der Waals surface area contributed by atoms with E-state index in [1.165, 1.54) is 0 Å². The normalized spacial score (nSPS) is 23.0. The lowest BCUT2D eigenvalue weighted by Gasteiger charge is -2.38. The van der Waals surface area contributed by atoms with Gasteiger partial charge in [-0.2, -0.15) is 26.3 Å². The van der Waals surface area contributed by atoms with Gasteiger partial charge in [-0.05, 0) is 42.0 Å². The highest BCUT2D eigenvalue weighted by Gasteiger charge is 2.73. The Hall–Kier alpha value is -3.10. The first-order valence-corrected chi connectivity index (χ1v) is 13.5. The summed E-state index contributed by atoms with van der Waals surface area (Å²) < 4.78 is 162. The molecule has 2 fully saturated rings. The third-order valence-electron chi connectivity index (χ3n) is 7.50. The third-order valence-corrected chi connectivity index (χ3v) is 9.99. The molecule has 41 heavy (non-hydrogen) atoms. The van der Waals surface area contributed by atoms with Crippen LogP contribution in [0.1, 0.15) is 29.5 Å². The zero-order chi connectivity index (χ0) is 30.0. The summed E-state index contributed by atoms with van der Waals surface area (Å²) in [4.78, 5) is -0.292. The number of ether oxygens (including phenoxy) is 2. The number of alkyl halides is 6. The molecule has 3 atom stereocenters. The lowest BCUT2D eigenvalue weighted by atomic mass is 9.88. The smallest absolute Gasteiger partial charge is 0.369 e. The van der Waals surface area contributed by atoms with Crippen LogP contribution in [0.25, 0.3) is 0 Å². The average molecular weight is 610 g/mol. The van der Waals surface area contributed by atoms with E-state index >= 15 is 0 Å². The van der Waals surface area contributed by atoms with Gasteiger partial charge in [0.05, 0.1) is 23.7 Å². The van der Waals surface area contributed by atoms with Crippen molar-refractivity contribution in [1.29, 1.82) is 0 Å². The standard InChI is InChI=1S/C27H19F9O4S/c28-17-8-10-18(11-9-17)41(37,38)24(12-22-23(13-24)40-22)15-4-6-16(7-5-15)25(26(31,32)33,27(34,35)36)39-14-19-20(29)2-1-3-21(19)30/h1-11,22-23H,12-14H2/t22-,23+,24-. The molecule has 0 aromatic heterocycles. The van der Waals surface area contributed by atoms with Crippen molar-refractivity contribution >= 4 is 9.84 Å². The molecule has 220 valence electrons. The number of rotatable bonds is 7.